The molecule has 0 radical (unpaired) electrons. The van der Waals surface area contributed by atoms with Crippen LogP contribution in [0.4, 0.5) is 0 Å². The summed E-state index contributed by atoms with van der Waals surface area (Å²) in [4.78, 5) is 0. The number of nitrogens with one attached hydrogen (secondary N) is 1. The summed E-state index contributed by atoms with van der Waals surface area (Å²) in [7, 11) is -3.37. The highest BCUT2D eigenvalue weighted by Crippen LogP contribution is 2.29. The molecule has 2 rings (SSSR count). The van der Waals surface area contributed by atoms with Gasteiger partial charge in [0.2, 0.25) is 0 Å². The van der Waals surface area contributed by atoms with Crippen molar-refractivity contribution < 1.29 is 8.42 Å². The first-order valence-electron chi connectivity index (χ1n) is 5.86. The van der Waals surface area contributed by atoms with Crippen molar-refractivity contribution in [3.63, 3.8) is 0 Å². The molecule has 7 heteroatoms. The van der Waals surface area contributed by atoms with E-state index in [1.54, 1.807) is 11.4 Å². The number of halogens is 2. The molecular formula is C11H15BrClNO2S2. The molecule has 0 aliphatic heterocycles. The number of sulfonamides is 1. The Labute approximate surface area is 125 Å². The van der Waals surface area contributed by atoms with Gasteiger partial charge in [-0.05, 0) is 59.0 Å². The van der Waals surface area contributed by atoms with Gasteiger partial charge in [-0.2, -0.15) is 0 Å². The van der Waals surface area contributed by atoms with Gasteiger partial charge in [0.1, 0.15) is 4.21 Å². The van der Waals surface area contributed by atoms with Crippen LogP contribution in [0.15, 0.2) is 20.1 Å². The third kappa shape index (κ3) is 3.70. The van der Waals surface area contributed by atoms with E-state index in [4.69, 9.17) is 11.6 Å². The SMILES string of the molecule is O=S(=O)(NCC1CCC(Cl)CC1)c1sccc1Br. The lowest BCUT2D eigenvalue weighted by Crippen LogP contribution is -2.31. The van der Waals surface area contributed by atoms with Crippen LogP contribution in [0, 0.1) is 5.92 Å². The van der Waals surface area contributed by atoms with Crippen LogP contribution < -0.4 is 4.72 Å². The van der Waals surface area contributed by atoms with E-state index in [1.165, 1.54) is 11.3 Å². The van der Waals surface area contributed by atoms with E-state index in [2.05, 4.69) is 20.7 Å². The smallest absolute Gasteiger partial charge is 0.210 e. The van der Waals surface area contributed by atoms with E-state index in [0.717, 1.165) is 25.7 Å². The summed E-state index contributed by atoms with van der Waals surface area (Å²) in [6.45, 7) is 0.510. The third-order valence-corrected chi connectivity index (χ3v) is 7.70. The second-order valence-corrected chi connectivity index (χ2v) is 8.88. The molecular weight excluding hydrogens is 358 g/mol. The molecule has 1 fully saturated rings. The zero-order chi connectivity index (χ0) is 13.2. The molecule has 0 amide bonds. The molecule has 1 aliphatic rings. The van der Waals surface area contributed by atoms with Crippen LogP contribution in [0.2, 0.25) is 0 Å². The molecule has 102 valence electrons. The van der Waals surface area contributed by atoms with Gasteiger partial charge < -0.3 is 0 Å². The summed E-state index contributed by atoms with van der Waals surface area (Å²) in [5.74, 6) is 0.411. The van der Waals surface area contributed by atoms with Gasteiger partial charge in [0, 0.05) is 16.4 Å². The molecule has 18 heavy (non-hydrogen) atoms. The molecule has 0 unspecified atom stereocenters. The molecule has 0 atom stereocenters. The first-order chi connectivity index (χ1) is 8.49. The fourth-order valence-electron chi connectivity index (χ4n) is 2.09. The molecule has 1 aromatic rings. The van der Waals surface area contributed by atoms with Gasteiger partial charge in [-0.15, -0.1) is 22.9 Å². The predicted molar refractivity (Wildman–Crippen MR) is 78.8 cm³/mol. The topological polar surface area (TPSA) is 46.2 Å². The van der Waals surface area contributed by atoms with Gasteiger partial charge in [-0.1, -0.05) is 0 Å². The molecule has 0 saturated heterocycles. The first kappa shape index (κ1) is 14.8. The van der Waals surface area contributed by atoms with Gasteiger partial charge >= 0.3 is 0 Å². The maximum atomic E-state index is 12.1. The minimum atomic E-state index is -3.37. The molecule has 1 N–H and O–H groups in total. The third-order valence-electron chi connectivity index (χ3n) is 3.17. The standard InChI is InChI=1S/C11H15BrClNO2S2/c12-10-5-6-17-11(10)18(15,16)14-7-8-1-3-9(13)4-2-8/h5-6,8-9,14H,1-4,7H2. The zero-order valence-corrected chi connectivity index (χ0v) is 13.7. The fourth-order valence-corrected chi connectivity index (χ4v) is 5.84. The molecule has 3 nitrogen and oxygen atoms in total. The van der Waals surface area contributed by atoms with Crippen LogP contribution in [0.1, 0.15) is 25.7 Å². The van der Waals surface area contributed by atoms with Crippen molar-refractivity contribution in [1.82, 2.24) is 4.72 Å². The molecule has 1 saturated carbocycles. The van der Waals surface area contributed by atoms with Gasteiger partial charge in [0.25, 0.3) is 10.0 Å². The normalized spacial score (nSPS) is 25.2. The quantitative estimate of drug-likeness (QED) is 0.821. The van der Waals surface area contributed by atoms with Crippen molar-refractivity contribution in [3.05, 3.63) is 15.9 Å². The second kappa shape index (κ2) is 6.22. The molecule has 1 aliphatic carbocycles. The Morgan fingerprint density at radius 2 is 2.06 bits per heavy atom. The number of hydrogen-bond donors (Lipinski definition) is 1. The van der Waals surface area contributed by atoms with Crippen LogP contribution in [0.3, 0.4) is 0 Å². The Balaban J connectivity index is 1.92. The van der Waals surface area contributed by atoms with E-state index in [-0.39, 0.29) is 5.38 Å². The summed E-state index contributed by atoms with van der Waals surface area (Å²) in [5.41, 5.74) is 0. The zero-order valence-electron chi connectivity index (χ0n) is 9.73. The Kier molecular flexibility index (Phi) is 5.11. The molecule has 0 aromatic carbocycles. The highest BCUT2D eigenvalue weighted by atomic mass is 79.9. The van der Waals surface area contributed by atoms with Crippen LogP contribution in [0.5, 0.6) is 0 Å². The summed E-state index contributed by atoms with van der Waals surface area (Å²) in [6.07, 6.45) is 3.97. The van der Waals surface area contributed by atoms with Crippen LogP contribution in [0.25, 0.3) is 0 Å². The molecule has 0 spiro atoms. The minimum absolute atomic E-state index is 0.268. The summed E-state index contributed by atoms with van der Waals surface area (Å²) < 4.78 is 27.8. The van der Waals surface area contributed by atoms with Crippen LogP contribution in [-0.4, -0.2) is 20.3 Å². The average Bonchev–Trinajstić information content (AvgIpc) is 2.76. The number of alkyl halides is 1. The highest BCUT2D eigenvalue weighted by molar-refractivity contribution is 9.10. The Morgan fingerprint density at radius 1 is 1.39 bits per heavy atom. The maximum Gasteiger partial charge on any atom is 0.251 e. The van der Waals surface area contributed by atoms with Crippen molar-refractivity contribution in [1.29, 1.82) is 0 Å². The number of rotatable bonds is 4. The van der Waals surface area contributed by atoms with E-state index in [9.17, 15) is 8.42 Å². The fraction of sp³-hybridized carbons (Fsp3) is 0.636. The Hall–Kier alpha value is 0.380. The van der Waals surface area contributed by atoms with E-state index in [0.29, 0.717) is 21.1 Å². The molecule has 1 aromatic heterocycles. The molecule has 0 bridgehead atoms. The minimum Gasteiger partial charge on any atom is -0.210 e. The predicted octanol–water partition coefficient (Wildman–Crippen LogP) is 3.59. The van der Waals surface area contributed by atoms with Crippen molar-refractivity contribution in [2.24, 2.45) is 5.92 Å². The number of thiophene rings is 1. The van der Waals surface area contributed by atoms with E-state index < -0.39 is 10.0 Å². The van der Waals surface area contributed by atoms with Gasteiger partial charge in [-0.25, -0.2) is 13.1 Å². The lowest BCUT2D eigenvalue weighted by atomic mass is 9.89. The van der Waals surface area contributed by atoms with Gasteiger partial charge in [-0.3, -0.25) is 0 Å². The van der Waals surface area contributed by atoms with E-state index >= 15 is 0 Å². The van der Waals surface area contributed by atoms with Crippen molar-refractivity contribution in [2.75, 3.05) is 6.54 Å². The van der Waals surface area contributed by atoms with Crippen molar-refractivity contribution in [3.8, 4) is 0 Å². The van der Waals surface area contributed by atoms with Gasteiger partial charge in [0.15, 0.2) is 0 Å². The monoisotopic (exact) mass is 371 g/mol. The average molecular weight is 373 g/mol. The Morgan fingerprint density at radius 3 is 2.61 bits per heavy atom. The maximum absolute atomic E-state index is 12.1. The lowest BCUT2D eigenvalue weighted by molar-refractivity contribution is 0.361. The summed E-state index contributed by atoms with van der Waals surface area (Å²) >= 11 is 10.5. The summed E-state index contributed by atoms with van der Waals surface area (Å²) in [6, 6.07) is 1.75. The van der Waals surface area contributed by atoms with E-state index in [1.807, 2.05) is 0 Å². The second-order valence-electron chi connectivity index (χ2n) is 4.53. The molecule has 1 heterocycles. The first-order valence-corrected chi connectivity index (χ1v) is 9.45. The van der Waals surface area contributed by atoms with Crippen molar-refractivity contribution in [2.45, 2.75) is 35.3 Å². The van der Waals surface area contributed by atoms with Crippen LogP contribution in [-0.2, 0) is 10.0 Å². The van der Waals surface area contributed by atoms with Crippen LogP contribution >= 0.6 is 38.9 Å². The highest BCUT2D eigenvalue weighted by Gasteiger charge is 2.23. The Bertz CT molecular complexity index is 495. The largest absolute Gasteiger partial charge is 0.251 e. The number of hydrogen-bond acceptors (Lipinski definition) is 3. The lowest BCUT2D eigenvalue weighted by Gasteiger charge is -2.24. The summed E-state index contributed by atoms with van der Waals surface area (Å²) in [5, 5.41) is 2.03. The van der Waals surface area contributed by atoms with Crippen molar-refractivity contribution >= 4 is 48.9 Å². The van der Waals surface area contributed by atoms with Gasteiger partial charge in [0.05, 0.1) is 0 Å².